The maximum atomic E-state index is 4.71. The fourth-order valence-electron chi connectivity index (χ4n) is 4.03. The van der Waals surface area contributed by atoms with E-state index in [1.54, 1.807) is 6.20 Å². The maximum absolute atomic E-state index is 4.71. The van der Waals surface area contributed by atoms with Crippen molar-refractivity contribution in [2.24, 2.45) is 0 Å². The van der Waals surface area contributed by atoms with Crippen LogP contribution in [0.1, 0.15) is 18.5 Å². The summed E-state index contributed by atoms with van der Waals surface area (Å²) in [6.45, 7) is 5.23. The topological polar surface area (TPSA) is 75.0 Å². The van der Waals surface area contributed by atoms with Gasteiger partial charge in [-0.25, -0.2) is 15.0 Å². The van der Waals surface area contributed by atoms with Gasteiger partial charge in [0.1, 0.15) is 5.82 Å². The first kappa shape index (κ1) is 18.1. The minimum Gasteiger partial charge on any atom is -0.368 e. The summed E-state index contributed by atoms with van der Waals surface area (Å²) in [6, 6.07) is 6.05. The molecule has 5 rings (SSSR count). The SMILES string of the molecule is CN1CCN(c2ccc(Nc3nccc(-c4cnn5c4CCCC5)n3)nc2)CC1. The van der Waals surface area contributed by atoms with Gasteiger partial charge in [0.25, 0.3) is 0 Å². The summed E-state index contributed by atoms with van der Waals surface area (Å²) in [6.07, 6.45) is 9.09. The Hall–Kier alpha value is -3.00. The molecule has 150 valence electrons. The van der Waals surface area contributed by atoms with E-state index in [-0.39, 0.29) is 0 Å². The molecule has 0 atom stereocenters. The van der Waals surface area contributed by atoms with Crippen LogP contribution >= 0.6 is 0 Å². The number of aryl methyl sites for hydroxylation is 1. The number of hydrogen-bond donors (Lipinski definition) is 1. The zero-order valence-corrected chi connectivity index (χ0v) is 16.8. The second-order valence-corrected chi connectivity index (χ2v) is 7.77. The predicted octanol–water partition coefficient (Wildman–Crippen LogP) is 2.57. The highest BCUT2D eigenvalue weighted by molar-refractivity contribution is 5.63. The van der Waals surface area contributed by atoms with Gasteiger partial charge in [-0.1, -0.05) is 0 Å². The first-order valence-corrected chi connectivity index (χ1v) is 10.3. The number of hydrogen-bond acceptors (Lipinski definition) is 7. The van der Waals surface area contributed by atoms with Crippen LogP contribution in [0.15, 0.2) is 36.8 Å². The molecule has 0 aromatic carbocycles. The summed E-state index contributed by atoms with van der Waals surface area (Å²) in [5, 5.41) is 7.76. The highest BCUT2D eigenvalue weighted by Gasteiger charge is 2.17. The lowest BCUT2D eigenvalue weighted by Crippen LogP contribution is -2.44. The molecule has 8 heteroatoms. The fraction of sp³-hybridized carbons (Fsp3) is 0.429. The number of fused-ring (bicyclic) bond motifs is 1. The molecule has 0 radical (unpaired) electrons. The summed E-state index contributed by atoms with van der Waals surface area (Å²) in [4.78, 5) is 18.4. The molecule has 8 nitrogen and oxygen atoms in total. The molecule has 0 amide bonds. The third-order valence-electron chi connectivity index (χ3n) is 5.77. The summed E-state index contributed by atoms with van der Waals surface area (Å²) >= 11 is 0. The molecular weight excluding hydrogens is 364 g/mol. The van der Waals surface area contributed by atoms with E-state index >= 15 is 0 Å². The van der Waals surface area contributed by atoms with Crippen molar-refractivity contribution in [1.29, 1.82) is 0 Å². The molecule has 0 aliphatic carbocycles. The first-order chi connectivity index (χ1) is 14.3. The second-order valence-electron chi connectivity index (χ2n) is 7.77. The number of nitrogens with one attached hydrogen (secondary N) is 1. The molecule has 2 aliphatic rings. The van der Waals surface area contributed by atoms with Crippen LogP contribution in [0.5, 0.6) is 0 Å². The van der Waals surface area contributed by atoms with Gasteiger partial charge in [-0.15, -0.1) is 0 Å². The summed E-state index contributed by atoms with van der Waals surface area (Å²) in [7, 11) is 2.16. The van der Waals surface area contributed by atoms with E-state index in [9.17, 15) is 0 Å². The average molecular weight is 390 g/mol. The van der Waals surface area contributed by atoms with Crippen molar-refractivity contribution in [1.82, 2.24) is 29.6 Å². The van der Waals surface area contributed by atoms with E-state index in [0.29, 0.717) is 5.95 Å². The Morgan fingerprint density at radius 3 is 2.66 bits per heavy atom. The Morgan fingerprint density at radius 2 is 1.83 bits per heavy atom. The molecule has 1 saturated heterocycles. The zero-order valence-electron chi connectivity index (χ0n) is 16.8. The van der Waals surface area contributed by atoms with Crippen molar-refractivity contribution < 1.29 is 0 Å². The van der Waals surface area contributed by atoms with Crippen molar-refractivity contribution in [2.45, 2.75) is 25.8 Å². The van der Waals surface area contributed by atoms with Crippen LogP contribution < -0.4 is 10.2 Å². The van der Waals surface area contributed by atoms with Crippen LogP contribution in [-0.4, -0.2) is 62.9 Å². The minimum atomic E-state index is 0.554. The molecule has 3 aromatic rings. The Balaban J connectivity index is 1.31. The van der Waals surface area contributed by atoms with E-state index in [0.717, 1.165) is 61.9 Å². The van der Waals surface area contributed by atoms with Gasteiger partial charge < -0.3 is 15.1 Å². The van der Waals surface area contributed by atoms with Crippen molar-refractivity contribution in [3.05, 3.63) is 42.5 Å². The van der Waals surface area contributed by atoms with Gasteiger partial charge in [0, 0.05) is 50.2 Å². The smallest absolute Gasteiger partial charge is 0.228 e. The molecule has 3 aromatic heterocycles. The molecule has 0 unspecified atom stereocenters. The highest BCUT2D eigenvalue weighted by Crippen LogP contribution is 2.27. The van der Waals surface area contributed by atoms with Crippen LogP contribution in [0, 0.1) is 0 Å². The van der Waals surface area contributed by atoms with Gasteiger partial charge in [0.05, 0.1) is 23.8 Å². The quantitative estimate of drug-likeness (QED) is 0.734. The Labute approximate surface area is 170 Å². The standard InChI is InChI=1S/C21H26N8/c1-27-10-12-28(13-11-27)16-5-6-20(23-14-16)26-21-22-8-7-18(25-21)17-15-24-29-9-3-2-4-19(17)29/h5-8,14-15H,2-4,9-13H2,1H3,(H,22,23,25,26). The fourth-order valence-corrected chi connectivity index (χ4v) is 4.03. The van der Waals surface area contributed by atoms with Gasteiger partial charge in [-0.05, 0) is 44.5 Å². The molecule has 0 spiro atoms. The zero-order chi connectivity index (χ0) is 19.6. The second kappa shape index (κ2) is 7.79. The molecule has 0 bridgehead atoms. The monoisotopic (exact) mass is 390 g/mol. The van der Waals surface area contributed by atoms with Crippen LogP contribution in [0.3, 0.4) is 0 Å². The van der Waals surface area contributed by atoms with E-state index in [1.165, 1.54) is 18.5 Å². The number of nitrogens with zero attached hydrogens (tertiary/aromatic N) is 7. The van der Waals surface area contributed by atoms with Crippen molar-refractivity contribution >= 4 is 17.5 Å². The Kier molecular flexibility index (Phi) is 4.85. The van der Waals surface area contributed by atoms with E-state index < -0.39 is 0 Å². The largest absolute Gasteiger partial charge is 0.368 e. The third kappa shape index (κ3) is 3.80. The lowest BCUT2D eigenvalue weighted by atomic mass is 10.0. The number of aromatic nitrogens is 5. The minimum absolute atomic E-state index is 0.554. The Bertz CT molecular complexity index is 973. The number of pyridine rings is 1. The number of anilines is 3. The molecule has 1 fully saturated rings. The number of piperazine rings is 1. The average Bonchev–Trinajstić information content (AvgIpc) is 3.19. The number of rotatable bonds is 4. The molecule has 29 heavy (non-hydrogen) atoms. The van der Waals surface area contributed by atoms with Gasteiger partial charge in [0.15, 0.2) is 0 Å². The van der Waals surface area contributed by atoms with Gasteiger partial charge in [0.2, 0.25) is 5.95 Å². The van der Waals surface area contributed by atoms with Gasteiger partial charge in [-0.2, -0.15) is 5.10 Å². The lowest BCUT2D eigenvalue weighted by Gasteiger charge is -2.33. The van der Waals surface area contributed by atoms with Crippen LogP contribution in [0.4, 0.5) is 17.5 Å². The molecule has 0 saturated carbocycles. The van der Waals surface area contributed by atoms with Crippen molar-refractivity contribution in [3.63, 3.8) is 0 Å². The van der Waals surface area contributed by atoms with E-state index in [4.69, 9.17) is 4.98 Å². The van der Waals surface area contributed by atoms with Crippen LogP contribution in [-0.2, 0) is 13.0 Å². The van der Waals surface area contributed by atoms with Crippen LogP contribution in [0.2, 0.25) is 0 Å². The summed E-state index contributed by atoms with van der Waals surface area (Å²) in [5.74, 6) is 1.30. The summed E-state index contributed by atoms with van der Waals surface area (Å²) < 4.78 is 2.10. The summed E-state index contributed by atoms with van der Waals surface area (Å²) in [5.41, 5.74) is 4.44. The van der Waals surface area contributed by atoms with Gasteiger partial charge in [-0.3, -0.25) is 4.68 Å². The van der Waals surface area contributed by atoms with E-state index in [2.05, 4.69) is 48.0 Å². The molecule has 1 N–H and O–H groups in total. The number of likely N-dealkylation sites (N-methyl/N-ethyl adjacent to an activating group) is 1. The van der Waals surface area contributed by atoms with Crippen LogP contribution in [0.25, 0.3) is 11.3 Å². The first-order valence-electron chi connectivity index (χ1n) is 10.3. The predicted molar refractivity (Wildman–Crippen MR) is 113 cm³/mol. The van der Waals surface area contributed by atoms with E-state index in [1.807, 2.05) is 24.5 Å². The Morgan fingerprint density at radius 1 is 0.931 bits per heavy atom. The van der Waals surface area contributed by atoms with Gasteiger partial charge >= 0.3 is 0 Å². The van der Waals surface area contributed by atoms with Crippen molar-refractivity contribution in [3.8, 4) is 11.3 Å². The third-order valence-corrected chi connectivity index (χ3v) is 5.77. The maximum Gasteiger partial charge on any atom is 0.228 e. The molecule has 5 heterocycles. The highest BCUT2D eigenvalue weighted by atomic mass is 15.3. The van der Waals surface area contributed by atoms with Crippen molar-refractivity contribution in [2.75, 3.05) is 43.4 Å². The molecule has 2 aliphatic heterocycles. The normalized spacial score (nSPS) is 17.2. The molecular formula is C21H26N8. The lowest BCUT2D eigenvalue weighted by molar-refractivity contribution is 0.313.